The quantitative estimate of drug-likeness (QED) is 0.887. The first-order valence-electron chi connectivity index (χ1n) is 5.65. The molecular formula is C13H13ClN2OS2. The highest BCUT2D eigenvalue weighted by atomic mass is 35.5. The molecule has 0 amide bonds. The topological polar surface area (TPSA) is 48.0 Å². The molecule has 0 saturated carbocycles. The van der Waals surface area contributed by atoms with Crippen molar-refractivity contribution in [3.8, 4) is 0 Å². The van der Waals surface area contributed by atoms with Gasteiger partial charge >= 0.3 is 4.87 Å². The standard InChI is InChI=1S/C13H13ClN2OS2/c1-7-8(2)19-13(17)16(7)6-10-4-3-9(12(15)18)5-11(10)14/h3-5H,6H2,1-2H3,(H2,15,18). The summed E-state index contributed by atoms with van der Waals surface area (Å²) in [4.78, 5) is 13.2. The molecule has 100 valence electrons. The van der Waals surface area contributed by atoms with E-state index in [2.05, 4.69) is 0 Å². The van der Waals surface area contributed by atoms with Crippen LogP contribution in [0.2, 0.25) is 5.02 Å². The lowest BCUT2D eigenvalue weighted by molar-refractivity contribution is 0.751. The molecule has 0 unspecified atom stereocenters. The molecule has 1 heterocycles. The Morgan fingerprint density at radius 2 is 2.16 bits per heavy atom. The van der Waals surface area contributed by atoms with Crippen LogP contribution < -0.4 is 10.6 Å². The minimum atomic E-state index is 0.0319. The molecule has 0 fully saturated rings. The molecule has 0 aliphatic heterocycles. The van der Waals surface area contributed by atoms with Crippen molar-refractivity contribution in [1.82, 2.24) is 4.57 Å². The maximum atomic E-state index is 11.8. The van der Waals surface area contributed by atoms with E-state index >= 15 is 0 Å². The van der Waals surface area contributed by atoms with Crippen LogP contribution in [0.4, 0.5) is 0 Å². The van der Waals surface area contributed by atoms with Gasteiger partial charge in [0.25, 0.3) is 0 Å². The maximum absolute atomic E-state index is 11.8. The lowest BCUT2D eigenvalue weighted by Crippen LogP contribution is -2.16. The molecule has 0 radical (unpaired) electrons. The number of nitrogens with zero attached hydrogens (tertiary/aromatic N) is 1. The van der Waals surface area contributed by atoms with Crippen molar-refractivity contribution < 1.29 is 0 Å². The molecule has 6 heteroatoms. The smallest absolute Gasteiger partial charge is 0.307 e. The first kappa shape index (κ1) is 14.2. The second-order valence-corrected chi connectivity index (χ2v) is 6.28. The number of hydrogen-bond donors (Lipinski definition) is 1. The fraction of sp³-hybridized carbons (Fsp3) is 0.231. The molecule has 0 aliphatic carbocycles. The summed E-state index contributed by atoms with van der Waals surface area (Å²) in [5.74, 6) is 0. The number of halogens is 1. The third kappa shape index (κ3) is 2.88. The number of aromatic nitrogens is 1. The zero-order valence-corrected chi connectivity index (χ0v) is 13.0. The highest BCUT2D eigenvalue weighted by Gasteiger charge is 2.10. The van der Waals surface area contributed by atoms with Crippen molar-refractivity contribution in [2.24, 2.45) is 5.73 Å². The number of aryl methyl sites for hydroxylation is 1. The zero-order chi connectivity index (χ0) is 14.2. The monoisotopic (exact) mass is 312 g/mol. The predicted octanol–water partition coefficient (Wildman–Crippen LogP) is 2.86. The summed E-state index contributed by atoms with van der Waals surface area (Å²) < 4.78 is 1.72. The molecule has 0 saturated heterocycles. The molecule has 2 N–H and O–H groups in total. The predicted molar refractivity (Wildman–Crippen MR) is 84.5 cm³/mol. The molecule has 0 aliphatic rings. The average Bonchev–Trinajstić information content (AvgIpc) is 2.58. The summed E-state index contributed by atoms with van der Waals surface area (Å²) in [7, 11) is 0. The summed E-state index contributed by atoms with van der Waals surface area (Å²) in [6, 6.07) is 5.41. The first-order chi connectivity index (χ1) is 8.90. The summed E-state index contributed by atoms with van der Waals surface area (Å²) in [6.07, 6.45) is 0. The second kappa shape index (κ2) is 5.45. The van der Waals surface area contributed by atoms with Gasteiger partial charge in [-0.05, 0) is 25.5 Å². The first-order valence-corrected chi connectivity index (χ1v) is 7.25. The third-order valence-corrected chi connectivity index (χ3v) is 4.63. The Balaban J connectivity index is 2.39. The average molecular weight is 313 g/mol. The van der Waals surface area contributed by atoms with E-state index in [0.29, 0.717) is 16.6 Å². The summed E-state index contributed by atoms with van der Waals surface area (Å²) >= 11 is 12.4. The van der Waals surface area contributed by atoms with Gasteiger partial charge in [-0.3, -0.25) is 9.36 Å². The Bertz CT molecular complexity index is 703. The number of benzene rings is 1. The number of thiocarbonyl (C=S) groups is 1. The summed E-state index contributed by atoms with van der Waals surface area (Å²) in [5, 5.41) is 0.570. The molecule has 0 spiro atoms. The van der Waals surface area contributed by atoms with Gasteiger partial charge in [-0.2, -0.15) is 0 Å². The Kier molecular flexibility index (Phi) is 4.08. The molecule has 1 aromatic carbocycles. The van der Waals surface area contributed by atoms with Gasteiger partial charge in [0.05, 0.1) is 6.54 Å². The minimum Gasteiger partial charge on any atom is -0.389 e. The van der Waals surface area contributed by atoms with E-state index < -0.39 is 0 Å². The fourth-order valence-corrected chi connectivity index (χ4v) is 2.97. The number of hydrogen-bond acceptors (Lipinski definition) is 3. The number of nitrogens with two attached hydrogens (primary N) is 1. The van der Waals surface area contributed by atoms with Crippen molar-refractivity contribution in [2.75, 3.05) is 0 Å². The van der Waals surface area contributed by atoms with Gasteiger partial charge < -0.3 is 5.73 Å². The van der Waals surface area contributed by atoms with E-state index in [4.69, 9.17) is 29.6 Å². The van der Waals surface area contributed by atoms with E-state index in [1.54, 1.807) is 10.6 Å². The van der Waals surface area contributed by atoms with Crippen molar-refractivity contribution in [3.63, 3.8) is 0 Å². The highest BCUT2D eigenvalue weighted by molar-refractivity contribution is 7.80. The van der Waals surface area contributed by atoms with Gasteiger partial charge in [0.15, 0.2) is 0 Å². The van der Waals surface area contributed by atoms with Gasteiger partial charge in [-0.25, -0.2) is 0 Å². The van der Waals surface area contributed by atoms with Gasteiger partial charge in [0.1, 0.15) is 4.99 Å². The van der Waals surface area contributed by atoms with Crippen LogP contribution in [0.3, 0.4) is 0 Å². The van der Waals surface area contributed by atoms with Crippen LogP contribution in [-0.4, -0.2) is 9.56 Å². The zero-order valence-electron chi connectivity index (χ0n) is 10.6. The lowest BCUT2D eigenvalue weighted by Gasteiger charge is -2.08. The van der Waals surface area contributed by atoms with Gasteiger partial charge in [-0.1, -0.05) is 47.3 Å². The summed E-state index contributed by atoms with van der Waals surface area (Å²) in [6.45, 7) is 4.34. The van der Waals surface area contributed by atoms with E-state index in [1.807, 2.05) is 26.0 Å². The molecule has 3 nitrogen and oxygen atoms in total. The van der Waals surface area contributed by atoms with Crippen LogP contribution in [0.25, 0.3) is 0 Å². The van der Waals surface area contributed by atoms with E-state index in [9.17, 15) is 4.79 Å². The van der Waals surface area contributed by atoms with Gasteiger partial charge in [0, 0.05) is 21.2 Å². The molecule has 1 aromatic heterocycles. The third-order valence-electron chi connectivity index (χ3n) is 3.04. The fourth-order valence-electron chi connectivity index (χ4n) is 1.77. The molecule has 2 aromatic rings. The summed E-state index contributed by atoms with van der Waals surface area (Å²) in [5.41, 5.74) is 8.14. The van der Waals surface area contributed by atoms with Gasteiger partial charge in [0.2, 0.25) is 0 Å². The van der Waals surface area contributed by atoms with Crippen molar-refractivity contribution in [2.45, 2.75) is 20.4 Å². The largest absolute Gasteiger partial charge is 0.389 e. The van der Waals surface area contributed by atoms with Crippen molar-refractivity contribution in [3.05, 3.63) is 54.6 Å². The number of rotatable bonds is 3. The highest BCUT2D eigenvalue weighted by Crippen LogP contribution is 2.20. The second-order valence-electron chi connectivity index (χ2n) is 4.27. The Morgan fingerprint density at radius 1 is 1.47 bits per heavy atom. The van der Waals surface area contributed by atoms with Gasteiger partial charge in [-0.15, -0.1) is 0 Å². The van der Waals surface area contributed by atoms with E-state index in [0.717, 1.165) is 21.7 Å². The molecular weight excluding hydrogens is 300 g/mol. The Labute approximate surface area is 125 Å². The van der Waals surface area contributed by atoms with E-state index in [-0.39, 0.29) is 4.87 Å². The maximum Gasteiger partial charge on any atom is 0.307 e. The van der Waals surface area contributed by atoms with Crippen LogP contribution in [0.15, 0.2) is 23.0 Å². The molecule has 0 bridgehead atoms. The van der Waals surface area contributed by atoms with Crippen LogP contribution in [0.1, 0.15) is 21.7 Å². The Hall–Kier alpha value is -1.17. The van der Waals surface area contributed by atoms with E-state index in [1.165, 1.54) is 11.3 Å². The normalized spacial score (nSPS) is 10.7. The van der Waals surface area contributed by atoms with Crippen LogP contribution in [0.5, 0.6) is 0 Å². The Morgan fingerprint density at radius 3 is 2.63 bits per heavy atom. The minimum absolute atomic E-state index is 0.0319. The molecule has 0 atom stereocenters. The van der Waals surface area contributed by atoms with Crippen molar-refractivity contribution in [1.29, 1.82) is 0 Å². The van der Waals surface area contributed by atoms with Crippen molar-refractivity contribution >= 4 is 40.1 Å². The molecule has 2 rings (SSSR count). The lowest BCUT2D eigenvalue weighted by atomic mass is 10.1. The van der Waals surface area contributed by atoms with Crippen LogP contribution in [-0.2, 0) is 6.54 Å². The van der Waals surface area contributed by atoms with Crippen LogP contribution in [0, 0.1) is 13.8 Å². The SMILES string of the molecule is Cc1sc(=O)n(Cc2ccc(C(N)=S)cc2Cl)c1C. The molecule has 19 heavy (non-hydrogen) atoms. The van der Waals surface area contributed by atoms with Crippen LogP contribution >= 0.6 is 35.2 Å². The number of thiazole rings is 1.